The van der Waals surface area contributed by atoms with Crippen LogP contribution in [0.15, 0.2) is 61.2 Å². The highest BCUT2D eigenvalue weighted by molar-refractivity contribution is 5.77. The summed E-state index contributed by atoms with van der Waals surface area (Å²) in [4.78, 5) is 2.10. The monoisotopic (exact) mass is 280 g/mol. The maximum absolute atomic E-state index is 6.07. The first-order valence-electron chi connectivity index (χ1n) is 7.23. The molecular formula is C19H24N2. The number of hydrogen-bond acceptors (Lipinski definition) is 2. The van der Waals surface area contributed by atoms with E-state index < -0.39 is 0 Å². The van der Waals surface area contributed by atoms with Gasteiger partial charge in [0.25, 0.3) is 0 Å². The van der Waals surface area contributed by atoms with Gasteiger partial charge < -0.3 is 10.6 Å². The van der Waals surface area contributed by atoms with E-state index >= 15 is 0 Å². The maximum atomic E-state index is 6.07. The number of rotatable bonds is 5. The first-order chi connectivity index (χ1) is 9.87. The molecule has 2 nitrogen and oxygen atoms in total. The molecule has 0 unspecified atom stereocenters. The summed E-state index contributed by atoms with van der Waals surface area (Å²) in [5.74, 6) is 0. The van der Waals surface area contributed by atoms with E-state index in [-0.39, 0.29) is 5.54 Å². The van der Waals surface area contributed by atoms with E-state index in [9.17, 15) is 0 Å². The van der Waals surface area contributed by atoms with Gasteiger partial charge in [-0.3, -0.25) is 0 Å². The zero-order valence-electron chi connectivity index (χ0n) is 13.1. The molecule has 0 bridgehead atoms. The Labute approximate surface area is 127 Å². The van der Waals surface area contributed by atoms with E-state index in [2.05, 4.69) is 47.9 Å². The highest BCUT2D eigenvalue weighted by atomic mass is 15.1. The summed E-state index contributed by atoms with van der Waals surface area (Å²) in [5.41, 5.74) is 10.4. The first-order valence-corrected chi connectivity index (χ1v) is 7.23. The van der Waals surface area contributed by atoms with Crippen LogP contribution < -0.4 is 10.6 Å². The lowest BCUT2D eigenvalue weighted by atomic mass is 9.96. The molecule has 0 aliphatic heterocycles. The first kappa shape index (κ1) is 15.3. The van der Waals surface area contributed by atoms with Gasteiger partial charge in [-0.15, -0.1) is 0 Å². The van der Waals surface area contributed by atoms with Crippen LogP contribution in [0, 0.1) is 0 Å². The SMILES string of the molecule is C=C(c1ccccc1)N(C)c1ccc(CC(C)(C)N)cc1. The summed E-state index contributed by atoms with van der Waals surface area (Å²) in [7, 11) is 2.04. The van der Waals surface area contributed by atoms with Crippen LogP contribution in [0.3, 0.4) is 0 Å². The van der Waals surface area contributed by atoms with Gasteiger partial charge in [0.2, 0.25) is 0 Å². The second-order valence-corrected chi connectivity index (χ2v) is 6.20. The predicted octanol–water partition coefficient (Wildman–Crippen LogP) is 4.07. The van der Waals surface area contributed by atoms with Gasteiger partial charge in [-0.2, -0.15) is 0 Å². The minimum Gasteiger partial charge on any atom is -0.345 e. The fourth-order valence-corrected chi connectivity index (χ4v) is 2.34. The average molecular weight is 280 g/mol. The summed E-state index contributed by atoms with van der Waals surface area (Å²) in [6, 6.07) is 18.7. The zero-order chi connectivity index (χ0) is 15.5. The van der Waals surface area contributed by atoms with Crippen LogP contribution in [-0.4, -0.2) is 12.6 Å². The highest BCUT2D eigenvalue weighted by Crippen LogP contribution is 2.24. The molecule has 0 heterocycles. The molecule has 2 heteroatoms. The smallest absolute Gasteiger partial charge is 0.0408 e. The third-order valence-corrected chi connectivity index (χ3v) is 3.50. The highest BCUT2D eigenvalue weighted by Gasteiger charge is 2.12. The molecule has 2 rings (SSSR count). The molecule has 0 spiro atoms. The number of hydrogen-bond donors (Lipinski definition) is 1. The van der Waals surface area contributed by atoms with E-state index in [1.54, 1.807) is 0 Å². The maximum Gasteiger partial charge on any atom is 0.0408 e. The third-order valence-electron chi connectivity index (χ3n) is 3.50. The molecule has 0 amide bonds. The standard InChI is InChI=1S/C19H24N2/c1-15(17-8-6-5-7-9-17)21(4)18-12-10-16(11-13-18)14-19(2,3)20/h5-13H,1,14,20H2,2-4H3. The molecule has 2 N–H and O–H groups in total. The Balaban J connectivity index is 2.13. The van der Waals surface area contributed by atoms with Crippen molar-refractivity contribution in [3.8, 4) is 0 Å². The Kier molecular flexibility index (Phi) is 4.49. The van der Waals surface area contributed by atoms with Crippen molar-refractivity contribution in [1.29, 1.82) is 0 Å². The lowest BCUT2D eigenvalue weighted by Gasteiger charge is -2.23. The molecule has 0 aliphatic carbocycles. The summed E-state index contributed by atoms with van der Waals surface area (Å²) in [6.07, 6.45) is 0.872. The lowest BCUT2D eigenvalue weighted by molar-refractivity contribution is 0.517. The van der Waals surface area contributed by atoms with Gasteiger partial charge in [0.05, 0.1) is 0 Å². The topological polar surface area (TPSA) is 29.3 Å². The van der Waals surface area contributed by atoms with Gasteiger partial charge in [0.15, 0.2) is 0 Å². The van der Waals surface area contributed by atoms with Crippen LogP contribution in [0.4, 0.5) is 5.69 Å². The van der Waals surface area contributed by atoms with Crippen molar-refractivity contribution >= 4 is 11.4 Å². The molecular weight excluding hydrogens is 256 g/mol. The van der Waals surface area contributed by atoms with Gasteiger partial charge >= 0.3 is 0 Å². The molecule has 0 atom stereocenters. The molecule has 21 heavy (non-hydrogen) atoms. The Bertz CT molecular complexity index is 592. The molecule has 0 aromatic heterocycles. The quantitative estimate of drug-likeness (QED) is 0.894. The Morgan fingerprint density at radius 1 is 1.05 bits per heavy atom. The van der Waals surface area contributed by atoms with Crippen LogP contribution in [0.5, 0.6) is 0 Å². The van der Waals surface area contributed by atoms with Crippen molar-refractivity contribution in [2.75, 3.05) is 11.9 Å². The normalized spacial score (nSPS) is 11.2. The number of anilines is 1. The van der Waals surface area contributed by atoms with Crippen molar-refractivity contribution < 1.29 is 0 Å². The van der Waals surface area contributed by atoms with Crippen LogP contribution in [0.2, 0.25) is 0 Å². The van der Waals surface area contributed by atoms with Crippen molar-refractivity contribution in [1.82, 2.24) is 0 Å². The Morgan fingerprint density at radius 2 is 1.62 bits per heavy atom. The van der Waals surface area contributed by atoms with Crippen molar-refractivity contribution in [2.45, 2.75) is 25.8 Å². The fraction of sp³-hybridized carbons (Fsp3) is 0.263. The number of nitrogens with zero attached hydrogens (tertiary/aromatic N) is 1. The predicted molar refractivity (Wildman–Crippen MR) is 92.3 cm³/mol. The summed E-state index contributed by atoms with van der Waals surface area (Å²) < 4.78 is 0. The Hall–Kier alpha value is -2.06. The van der Waals surface area contributed by atoms with Gasteiger partial charge in [0, 0.05) is 24.0 Å². The number of nitrogens with two attached hydrogens (primary N) is 1. The fourth-order valence-electron chi connectivity index (χ4n) is 2.34. The molecule has 0 radical (unpaired) electrons. The minimum atomic E-state index is -0.180. The van der Waals surface area contributed by atoms with Crippen LogP contribution >= 0.6 is 0 Å². The molecule has 2 aromatic rings. The van der Waals surface area contributed by atoms with Gasteiger partial charge in [-0.05, 0) is 43.5 Å². The van der Waals surface area contributed by atoms with Crippen molar-refractivity contribution in [2.24, 2.45) is 5.73 Å². The van der Waals surface area contributed by atoms with E-state index in [0.29, 0.717) is 0 Å². The van der Waals surface area contributed by atoms with Crippen LogP contribution in [0.1, 0.15) is 25.0 Å². The molecule has 2 aromatic carbocycles. The van der Waals surface area contributed by atoms with E-state index in [0.717, 1.165) is 23.4 Å². The summed E-state index contributed by atoms with van der Waals surface area (Å²) >= 11 is 0. The average Bonchev–Trinajstić information content (AvgIpc) is 2.46. The van der Waals surface area contributed by atoms with Crippen molar-refractivity contribution in [3.63, 3.8) is 0 Å². The van der Waals surface area contributed by atoms with E-state index in [1.165, 1.54) is 5.56 Å². The summed E-state index contributed by atoms with van der Waals surface area (Å²) in [6.45, 7) is 8.28. The largest absolute Gasteiger partial charge is 0.345 e. The Morgan fingerprint density at radius 3 is 2.14 bits per heavy atom. The van der Waals surface area contributed by atoms with E-state index in [4.69, 9.17) is 5.73 Å². The number of benzene rings is 2. The van der Waals surface area contributed by atoms with Gasteiger partial charge in [-0.1, -0.05) is 49.0 Å². The third kappa shape index (κ3) is 4.20. The summed E-state index contributed by atoms with van der Waals surface area (Å²) in [5, 5.41) is 0. The van der Waals surface area contributed by atoms with Crippen molar-refractivity contribution in [3.05, 3.63) is 72.3 Å². The minimum absolute atomic E-state index is 0.180. The molecule has 0 fully saturated rings. The van der Waals surface area contributed by atoms with Crippen LogP contribution in [0.25, 0.3) is 5.70 Å². The lowest BCUT2D eigenvalue weighted by Crippen LogP contribution is -2.34. The molecule has 0 aliphatic rings. The molecule has 110 valence electrons. The molecule has 0 saturated carbocycles. The second-order valence-electron chi connectivity index (χ2n) is 6.20. The van der Waals surface area contributed by atoms with Gasteiger partial charge in [0.1, 0.15) is 0 Å². The molecule has 0 saturated heterocycles. The van der Waals surface area contributed by atoms with Crippen LogP contribution in [-0.2, 0) is 6.42 Å². The van der Waals surface area contributed by atoms with E-state index in [1.807, 2.05) is 39.1 Å². The second kappa shape index (κ2) is 6.15. The van der Waals surface area contributed by atoms with Gasteiger partial charge in [-0.25, -0.2) is 0 Å². The zero-order valence-corrected chi connectivity index (χ0v) is 13.1.